The number of hydrogen-bond donors (Lipinski definition) is 1. The molecule has 6 rings (SSSR count). The summed E-state index contributed by atoms with van der Waals surface area (Å²) in [6.45, 7) is 5.25. The topological polar surface area (TPSA) is 41.6 Å². The molecule has 2 aromatic carbocycles. The van der Waals surface area contributed by atoms with Crippen LogP contribution in [0.5, 0.6) is 0 Å². The van der Waals surface area contributed by atoms with Crippen molar-refractivity contribution in [3.8, 4) is 11.1 Å². The van der Waals surface area contributed by atoms with Crippen LogP contribution in [0.4, 0.5) is 0 Å². The number of amides is 1. The molecule has 4 aliphatic rings. The van der Waals surface area contributed by atoms with E-state index < -0.39 is 0 Å². The molecule has 0 spiro atoms. The summed E-state index contributed by atoms with van der Waals surface area (Å²) in [6, 6.07) is 18.4. The van der Waals surface area contributed by atoms with E-state index in [-0.39, 0.29) is 5.92 Å². The summed E-state index contributed by atoms with van der Waals surface area (Å²) >= 11 is 0. The number of rotatable bonds is 3. The number of fused-ring (bicyclic) bond motifs is 2. The van der Waals surface area contributed by atoms with Gasteiger partial charge >= 0.3 is 0 Å². The third-order valence-corrected chi connectivity index (χ3v) is 6.66. The van der Waals surface area contributed by atoms with E-state index in [2.05, 4.69) is 65.7 Å². The van der Waals surface area contributed by atoms with E-state index >= 15 is 0 Å². The van der Waals surface area contributed by atoms with Gasteiger partial charge in [0.1, 0.15) is 0 Å². The van der Waals surface area contributed by atoms with Crippen LogP contribution in [0.2, 0.25) is 0 Å². The van der Waals surface area contributed by atoms with Crippen molar-refractivity contribution in [1.82, 2.24) is 10.2 Å². The van der Waals surface area contributed by atoms with E-state index in [0.717, 1.165) is 39.1 Å². The maximum absolute atomic E-state index is 12.8. The summed E-state index contributed by atoms with van der Waals surface area (Å²) in [6.07, 6.45) is 1.75. The van der Waals surface area contributed by atoms with Crippen LogP contribution >= 0.6 is 0 Å². The van der Waals surface area contributed by atoms with Crippen LogP contribution in [0.25, 0.3) is 11.1 Å². The Morgan fingerprint density at radius 2 is 1.71 bits per heavy atom. The Kier molecular flexibility index (Phi) is 4.69. The zero-order valence-electron chi connectivity index (χ0n) is 16.4. The molecule has 4 saturated heterocycles. The molecular weight excluding hydrogens is 348 g/mol. The van der Waals surface area contributed by atoms with Gasteiger partial charge in [-0.15, -0.1) is 0 Å². The predicted molar refractivity (Wildman–Crippen MR) is 110 cm³/mol. The largest absolute Gasteiger partial charge is 0.381 e. The minimum absolute atomic E-state index is 0.165. The summed E-state index contributed by atoms with van der Waals surface area (Å²) in [4.78, 5) is 14.9. The third kappa shape index (κ3) is 3.25. The second-order valence-corrected chi connectivity index (χ2v) is 8.53. The zero-order valence-corrected chi connectivity index (χ0v) is 16.4. The van der Waals surface area contributed by atoms with E-state index in [4.69, 9.17) is 4.74 Å². The molecule has 4 aliphatic heterocycles. The molecule has 4 fully saturated rings. The van der Waals surface area contributed by atoms with Crippen molar-refractivity contribution < 1.29 is 9.53 Å². The molecule has 2 bridgehead atoms. The van der Waals surface area contributed by atoms with Crippen LogP contribution in [0, 0.1) is 12.8 Å². The fraction of sp³-hybridized carbons (Fsp3) is 0.458. The fourth-order valence-electron chi connectivity index (χ4n) is 5.10. The molecule has 3 atom stereocenters. The molecule has 28 heavy (non-hydrogen) atoms. The minimum atomic E-state index is 0.165. The highest BCUT2D eigenvalue weighted by Crippen LogP contribution is 2.38. The van der Waals surface area contributed by atoms with Gasteiger partial charge in [-0.25, -0.2) is 0 Å². The number of hydrogen-bond acceptors (Lipinski definition) is 3. The first kappa shape index (κ1) is 17.9. The number of ether oxygens (including phenoxy) is 1. The molecule has 4 heterocycles. The number of piperazine rings is 1. The van der Waals surface area contributed by atoms with Crippen molar-refractivity contribution >= 4 is 5.91 Å². The summed E-state index contributed by atoms with van der Waals surface area (Å²) in [5.41, 5.74) is 5.21. The smallest absolute Gasteiger partial charge is 0.225 e. The van der Waals surface area contributed by atoms with Gasteiger partial charge in [-0.1, -0.05) is 54.1 Å². The Bertz CT molecular complexity index is 845. The molecule has 4 nitrogen and oxygen atoms in total. The SMILES string of the molecule is Cc1cccc(-c2ccc(C3[C@@H]4CN(C(=O)C5CCOCC5)C[C@H]3N4)cc2)c1. The van der Waals surface area contributed by atoms with Gasteiger partial charge in [-0.2, -0.15) is 0 Å². The molecule has 146 valence electrons. The van der Waals surface area contributed by atoms with Gasteiger partial charge in [0.25, 0.3) is 0 Å². The van der Waals surface area contributed by atoms with Crippen molar-refractivity contribution in [2.45, 2.75) is 37.8 Å². The number of piperidine rings is 1. The molecule has 0 aliphatic carbocycles. The van der Waals surface area contributed by atoms with Gasteiger partial charge in [0.05, 0.1) is 0 Å². The Balaban J connectivity index is 1.26. The molecule has 0 saturated carbocycles. The average Bonchev–Trinajstić information content (AvgIpc) is 2.74. The fourth-order valence-corrected chi connectivity index (χ4v) is 5.10. The molecule has 1 unspecified atom stereocenters. The van der Waals surface area contributed by atoms with Crippen LogP contribution in [-0.2, 0) is 9.53 Å². The van der Waals surface area contributed by atoms with Crippen LogP contribution < -0.4 is 5.32 Å². The van der Waals surface area contributed by atoms with E-state index in [1.165, 1.54) is 22.3 Å². The highest BCUT2D eigenvalue weighted by atomic mass is 16.5. The number of carbonyl (C=O) groups is 1. The van der Waals surface area contributed by atoms with Crippen molar-refractivity contribution in [1.29, 1.82) is 0 Å². The normalized spacial score (nSPS) is 27.3. The first-order valence-corrected chi connectivity index (χ1v) is 10.5. The quantitative estimate of drug-likeness (QED) is 0.893. The first-order chi connectivity index (χ1) is 13.7. The molecular formula is C24H28N2O2. The number of nitrogens with zero attached hydrogens (tertiary/aromatic N) is 1. The van der Waals surface area contributed by atoms with E-state index in [9.17, 15) is 4.79 Å². The van der Waals surface area contributed by atoms with Crippen LogP contribution in [0.3, 0.4) is 0 Å². The highest BCUT2D eigenvalue weighted by Gasteiger charge is 2.48. The monoisotopic (exact) mass is 376 g/mol. The molecule has 0 radical (unpaired) electrons. The lowest BCUT2D eigenvalue weighted by Gasteiger charge is -2.55. The van der Waals surface area contributed by atoms with E-state index in [1.807, 2.05) is 0 Å². The second-order valence-electron chi connectivity index (χ2n) is 8.53. The van der Waals surface area contributed by atoms with Gasteiger partial charge in [-0.3, -0.25) is 4.79 Å². The maximum Gasteiger partial charge on any atom is 0.225 e. The molecule has 2 aromatic rings. The second kappa shape index (κ2) is 7.34. The van der Waals surface area contributed by atoms with Gasteiger partial charge in [0, 0.05) is 50.2 Å². The number of aryl methyl sites for hydroxylation is 1. The summed E-state index contributed by atoms with van der Waals surface area (Å²) < 4.78 is 5.41. The molecule has 1 N–H and O–H groups in total. The number of nitrogens with one attached hydrogen (secondary N) is 1. The first-order valence-electron chi connectivity index (χ1n) is 10.5. The Labute approximate surface area is 166 Å². The van der Waals surface area contributed by atoms with Crippen LogP contribution in [0.1, 0.15) is 29.9 Å². The zero-order chi connectivity index (χ0) is 19.1. The van der Waals surface area contributed by atoms with Crippen molar-refractivity contribution in [3.63, 3.8) is 0 Å². The summed E-state index contributed by atoms with van der Waals surface area (Å²) in [5, 5.41) is 3.65. The average molecular weight is 377 g/mol. The summed E-state index contributed by atoms with van der Waals surface area (Å²) in [5.74, 6) is 1.02. The standard InChI is InChI=1S/C24H28N2O2/c1-16-3-2-4-20(13-16)17-5-7-18(8-6-17)23-21-14-26(15-22(23)25-21)24(27)19-9-11-28-12-10-19/h2-8,13,19,21-23,25H,9-12,14-15H2,1H3/t21-,22+,23?. The minimum Gasteiger partial charge on any atom is -0.381 e. The van der Waals surface area contributed by atoms with Crippen molar-refractivity contribution in [3.05, 3.63) is 59.7 Å². The number of benzene rings is 2. The Morgan fingerprint density at radius 3 is 2.39 bits per heavy atom. The van der Waals surface area contributed by atoms with Crippen molar-refractivity contribution in [2.24, 2.45) is 5.92 Å². The third-order valence-electron chi connectivity index (χ3n) is 6.66. The van der Waals surface area contributed by atoms with Gasteiger partial charge in [0.2, 0.25) is 5.91 Å². The highest BCUT2D eigenvalue weighted by molar-refractivity contribution is 5.79. The Morgan fingerprint density at radius 1 is 1.00 bits per heavy atom. The molecule has 1 amide bonds. The van der Waals surface area contributed by atoms with Crippen molar-refractivity contribution in [2.75, 3.05) is 26.3 Å². The molecule has 0 aromatic heterocycles. The van der Waals surface area contributed by atoms with Gasteiger partial charge in [-0.05, 0) is 36.5 Å². The van der Waals surface area contributed by atoms with E-state index in [0.29, 0.717) is 23.9 Å². The molecule has 4 heteroatoms. The van der Waals surface area contributed by atoms with Crippen LogP contribution in [-0.4, -0.2) is 49.2 Å². The summed E-state index contributed by atoms with van der Waals surface area (Å²) in [7, 11) is 0. The van der Waals surface area contributed by atoms with Crippen LogP contribution in [0.15, 0.2) is 48.5 Å². The lowest BCUT2D eigenvalue weighted by Crippen LogP contribution is -2.72. The lowest BCUT2D eigenvalue weighted by molar-refractivity contribution is -0.143. The van der Waals surface area contributed by atoms with Gasteiger partial charge in [0.15, 0.2) is 0 Å². The number of carbonyl (C=O) groups excluding carboxylic acids is 1. The Hall–Kier alpha value is -2.17. The predicted octanol–water partition coefficient (Wildman–Crippen LogP) is 3.35. The lowest BCUT2D eigenvalue weighted by atomic mass is 9.73. The van der Waals surface area contributed by atoms with Gasteiger partial charge < -0.3 is 15.0 Å². The maximum atomic E-state index is 12.8. The van der Waals surface area contributed by atoms with E-state index in [1.54, 1.807) is 0 Å².